The number of carbonyl (C=O) groups is 1. The molecule has 1 saturated heterocycles. The third-order valence-corrected chi connectivity index (χ3v) is 3.69. The van der Waals surface area contributed by atoms with Gasteiger partial charge in [-0.2, -0.15) is 0 Å². The standard InChI is InChI=1S/C12H14Cl2N2O2/c13-8-2-1-3-9(11(8)14)16-12(17)10-5-4-7(6-15)18-10/h1-3,7,10H,4-6,15H2,(H,16,17). The molecule has 0 radical (unpaired) electrons. The van der Waals surface area contributed by atoms with Crippen molar-refractivity contribution in [3.63, 3.8) is 0 Å². The van der Waals surface area contributed by atoms with Crippen molar-refractivity contribution in [2.75, 3.05) is 11.9 Å². The Labute approximate surface area is 115 Å². The first kappa shape index (κ1) is 13.6. The van der Waals surface area contributed by atoms with Crippen LogP contribution < -0.4 is 11.1 Å². The topological polar surface area (TPSA) is 64.4 Å². The average molecular weight is 289 g/mol. The van der Waals surface area contributed by atoms with Gasteiger partial charge in [0.15, 0.2) is 0 Å². The highest BCUT2D eigenvalue weighted by atomic mass is 35.5. The summed E-state index contributed by atoms with van der Waals surface area (Å²) in [6, 6.07) is 5.08. The summed E-state index contributed by atoms with van der Waals surface area (Å²) < 4.78 is 5.50. The minimum Gasteiger partial charge on any atom is -0.364 e. The zero-order valence-electron chi connectivity index (χ0n) is 9.66. The number of carbonyl (C=O) groups excluding carboxylic acids is 1. The molecule has 1 aromatic rings. The van der Waals surface area contributed by atoms with Crippen LogP contribution in [0.3, 0.4) is 0 Å². The van der Waals surface area contributed by atoms with E-state index in [1.54, 1.807) is 18.2 Å². The Hall–Kier alpha value is -0.810. The quantitative estimate of drug-likeness (QED) is 0.898. The van der Waals surface area contributed by atoms with Gasteiger partial charge in [-0.05, 0) is 25.0 Å². The number of anilines is 1. The molecule has 1 heterocycles. The van der Waals surface area contributed by atoms with Gasteiger partial charge in [0, 0.05) is 6.54 Å². The van der Waals surface area contributed by atoms with Gasteiger partial charge in [0.1, 0.15) is 6.10 Å². The third-order valence-electron chi connectivity index (χ3n) is 2.87. The molecular formula is C12H14Cl2N2O2. The molecule has 98 valence electrons. The van der Waals surface area contributed by atoms with Crippen LogP contribution in [0, 0.1) is 0 Å². The van der Waals surface area contributed by atoms with E-state index in [1.165, 1.54) is 0 Å². The van der Waals surface area contributed by atoms with Crippen LogP contribution >= 0.6 is 23.2 Å². The van der Waals surface area contributed by atoms with Gasteiger partial charge in [0.25, 0.3) is 5.91 Å². The number of hydrogen-bond donors (Lipinski definition) is 2. The number of nitrogens with one attached hydrogen (secondary N) is 1. The summed E-state index contributed by atoms with van der Waals surface area (Å²) in [4.78, 5) is 12.0. The first-order chi connectivity index (χ1) is 8.61. The molecule has 2 rings (SSSR count). The molecule has 1 amide bonds. The Morgan fingerprint density at radius 1 is 1.44 bits per heavy atom. The molecule has 3 N–H and O–H groups in total. The lowest BCUT2D eigenvalue weighted by atomic mass is 10.2. The van der Waals surface area contributed by atoms with Crippen LogP contribution in [-0.4, -0.2) is 24.7 Å². The largest absolute Gasteiger partial charge is 0.364 e. The van der Waals surface area contributed by atoms with Crippen LogP contribution in [0.2, 0.25) is 10.0 Å². The van der Waals surface area contributed by atoms with Crippen molar-refractivity contribution in [2.45, 2.75) is 25.0 Å². The van der Waals surface area contributed by atoms with Gasteiger partial charge in [-0.1, -0.05) is 29.3 Å². The fraction of sp³-hybridized carbons (Fsp3) is 0.417. The summed E-state index contributed by atoms with van der Waals surface area (Å²) in [7, 11) is 0. The van der Waals surface area contributed by atoms with E-state index < -0.39 is 6.10 Å². The smallest absolute Gasteiger partial charge is 0.253 e. The molecule has 1 aliphatic rings. The van der Waals surface area contributed by atoms with E-state index in [2.05, 4.69) is 5.32 Å². The van der Waals surface area contributed by atoms with E-state index in [0.29, 0.717) is 28.7 Å². The van der Waals surface area contributed by atoms with Gasteiger partial charge in [0.05, 0.1) is 21.8 Å². The normalized spacial score (nSPS) is 23.1. The molecule has 1 fully saturated rings. The summed E-state index contributed by atoms with van der Waals surface area (Å²) in [6.45, 7) is 0.432. The molecule has 4 nitrogen and oxygen atoms in total. The predicted octanol–water partition coefficient (Wildman–Crippen LogP) is 2.44. The van der Waals surface area contributed by atoms with E-state index >= 15 is 0 Å². The molecule has 1 aliphatic heterocycles. The van der Waals surface area contributed by atoms with Crippen molar-refractivity contribution in [3.8, 4) is 0 Å². The van der Waals surface area contributed by atoms with Gasteiger partial charge in [-0.3, -0.25) is 4.79 Å². The summed E-state index contributed by atoms with van der Waals surface area (Å²) in [5.74, 6) is -0.213. The number of halogens is 2. The predicted molar refractivity (Wildman–Crippen MR) is 72.0 cm³/mol. The van der Waals surface area contributed by atoms with E-state index in [-0.39, 0.29) is 12.0 Å². The SMILES string of the molecule is NCC1CCC(C(=O)Nc2cccc(Cl)c2Cl)O1. The maximum absolute atomic E-state index is 12.0. The zero-order valence-corrected chi connectivity index (χ0v) is 11.2. The van der Waals surface area contributed by atoms with Crippen molar-refractivity contribution in [1.82, 2.24) is 0 Å². The molecule has 2 unspecified atom stereocenters. The molecule has 0 saturated carbocycles. The van der Waals surface area contributed by atoms with Gasteiger partial charge in [-0.15, -0.1) is 0 Å². The summed E-state index contributed by atoms with van der Waals surface area (Å²) >= 11 is 11.9. The van der Waals surface area contributed by atoms with Crippen LogP contribution in [0.4, 0.5) is 5.69 Å². The van der Waals surface area contributed by atoms with Crippen molar-refractivity contribution in [2.24, 2.45) is 5.73 Å². The number of ether oxygens (including phenoxy) is 1. The monoisotopic (exact) mass is 288 g/mol. The van der Waals surface area contributed by atoms with Crippen LogP contribution in [0.1, 0.15) is 12.8 Å². The van der Waals surface area contributed by atoms with Crippen molar-refractivity contribution < 1.29 is 9.53 Å². The van der Waals surface area contributed by atoms with E-state index in [9.17, 15) is 4.79 Å². The molecule has 0 bridgehead atoms. The lowest BCUT2D eigenvalue weighted by Crippen LogP contribution is -2.29. The van der Waals surface area contributed by atoms with Crippen LogP contribution in [0.15, 0.2) is 18.2 Å². The minimum absolute atomic E-state index is 0.0319. The second-order valence-electron chi connectivity index (χ2n) is 4.15. The lowest BCUT2D eigenvalue weighted by Gasteiger charge is -2.13. The molecule has 1 aromatic carbocycles. The Kier molecular flexibility index (Phi) is 4.45. The van der Waals surface area contributed by atoms with Gasteiger partial charge in [0.2, 0.25) is 0 Å². The van der Waals surface area contributed by atoms with Crippen LogP contribution in [0.5, 0.6) is 0 Å². The van der Waals surface area contributed by atoms with E-state index in [0.717, 1.165) is 6.42 Å². The second-order valence-corrected chi connectivity index (χ2v) is 4.94. The van der Waals surface area contributed by atoms with Crippen molar-refractivity contribution in [1.29, 1.82) is 0 Å². The van der Waals surface area contributed by atoms with Gasteiger partial charge >= 0.3 is 0 Å². The Morgan fingerprint density at radius 3 is 2.89 bits per heavy atom. The average Bonchev–Trinajstić information content (AvgIpc) is 2.83. The Bertz CT molecular complexity index is 454. The van der Waals surface area contributed by atoms with Gasteiger partial charge < -0.3 is 15.8 Å². The van der Waals surface area contributed by atoms with Crippen molar-refractivity contribution in [3.05, 3.63) is 28.2 Å². The highest BCUT2D eigenvalue weighted by Crippen LogP contribution is 2.30. The molecule has 6 heteroatoms. The summed E-state index contributed by atoms with van der Waals surface area (Å²) in [6.07, 6.45) is 0.980. The number of nitrogens with two attached hydrogens (primary N) is 1. The number of hydrogen-bond acceptors (Lipinski definition) is 3. The molecule has 0 aliphatic carbocycles. The molecule has 2 atom stereocenters. The molecular weight excluding hydrogens is 275 g/mol. The third kappa shape index (κ3) is 2.95. The van der Waals surface area contributed by atoms with E-state index in [4.69, 9.17) is 33.7 Å². The second kappa shape index (κ2) is 5.89. The van der Waals surface area contributed by atoms with E-state index in [1.807, 2.05) is 0 Å². The number of rotatable bonds is 3. The zero-order chi connectivity index (χ0) is 13.1. The fourth-order valence-corrected chi connectivity index (χ4v) is 2.23. The highest BCUT2D eigenvalue weighted by Gasteiger charge is 2.30. The fourth-order valence-electron chi connectivity index (χ4n) is 1.89. The number of benzene rings is 1. The lowest BCUT2D eigenvalue weighted by molar-refractivity contribution is -0.126. The maximum atomic E-state index is 12.0. The molecule has 0 spiro atoms. The Balaban J connectivity index is 2.01. The van der Waals surface area contributed by atoms with Crippen LogP contribution in [-0.2, 0) is 9.53 Å². The molecule has 0 aromatic heterocycles. The number of amides is 1. The van der Waals surface area contributed by atoms with Gasteiger partial charge in [-0.25, -0.2) is 0 Å². The van der Waals surface area contributed by atoms with Crippen molar-refractivity contribution >= 4 is 34.8 Å². The highest BCUT2D eigenvalue weighted by molar-refractivity contribution is 6.44. The summed E-state index contributed by atoms with van der Waals surface area (Å²) in [5, 5.41) is 3.45. The molecule has 18 heavy (non-hydrogen) atoms. The van der Waals surface area contributed by atoms with Crippen LogP contribution in [0.25, 0.3) is 0 Å². The first-order valence-corrected chi connectivity index (χ1v) is 6.48. The minimum atomic E-state index is -0.464. The maximum Gasteiger partial charge on any atom is 0.253 e. The first-order valence-electron chi connectivity index (χ1n) is 5.72. The Morgan fingerprint density at radius 2 is 2.22 bits per heavy atom. The summed E-state index contributed by atoms with van der Waals surface area (Å²) in [5.41, 5.74) is 5.99.